The summed E-state index contributed by atoms with van der Waals surface area (Å²) in [7, 11) is 1.71. The lowest BCUT2D eigenvalue weighted by Gasteiger charge is -2.32. The van der Waals surface area contributed by atoms with E-state index in [1.165, 1.54) is 0 Å². The molecule has 0 radical (unpaired) electrons. The molecule has 138 valence electrons. The molecule has 3 aromatic rings. The van der Waals surface area contributed by atoms with E-state index < -0.39 is 0 Å². The first-order valence-electron chi connectivity index (χ1n) is 9.18. The van der Waals surface area contributed by atoms with E-state index in [9.17, 15) is 4.79 Å². The second kappa shape index (κ2) is 7.76. The number of nitrogens with zero attached hydrogens (tertiary/aromatic N) is 2. The molecule has 1 fully saturated rings. The van der Waals surface area contributed by atoms with E-state index in [1.54, 1.807) is 13.3 Å². The molecule has 0 aliphatic carbocycles. The average Bonchev–Trinajstić information content (AvgIpc) is 3.28. The van der Waals surface area contributed by atoms with E-state index in [-0.39, 0.29) is 12.0 Å². The quantitative estimate of drug-likeness (QED) is 0.696. The van der Waals surface area contributed by atoms with Crippen molar-refractivity contribution in [2.75, 3.05) is 20.2 Å². The number of piperidine rings is 1. The van der Waals surface area contributed by atoms with Gasteiger partial charge in [0, 0.05) is 37.4 Å². The molecule has 1 unspecified atom stereocenters. The van der Waals surface area contributed by atoms with Gasteiger partial charge in [-0.1, -0.05) is 41.6 Å². The SMILES string of the molecule is COC1CCCN(C(=O)c2ccc(-c3ccc(-c4ccno4)cc3)cc2)C1. The summed E-state index contributed by atoms with van der Waals surface area (Å²) in [5.41, 5.74) is 3.87. The smallest absolute Gasteiger partial charge is 0.253 e. The fraction of sp³-hybridized carbons (Fsp3) is 0.273. The Hall–Kier alpha value is -2.92. The minimum Gasteiger partial charge on any atom is -0.380 e. The predicted octanol–water partition coefficient (Wildman–Crippen LogP) is 4.26. The number of carbonyl (C=O) groups is 1. The molecule has 5 heteroatoms. The summed E-state index contributed by atoms with van der Waals surface area (Å²) in [6.45, 7) is 1.46. The summed E-state index contributed by atoms with van der Waals surface area (Å²) in [5, 5.41) is 3.74. The monoisotopic (exact) mass is 362 g/mol. The van der Waals surface area contributed by atoms with E-state index in [4.69, 9.17) is 9.26 Å². The van der Waals surface area contributed by atoms with Crippen LogP contribution >= 0.6 is 0 Å². The van der Waals surface area contributed by atoms with Crippen molar-refractivity contribution in [3.05, 3.63) is 66.4 Å². The van der Waals surface area contributed by atoms with Gasteiger partial charge in [-0.05, 0) is 36.1 Å². The summed E-state index contributed by atoms with van der Waals surface area (Å²) in [6, 6.07) is 17.7. The Morgan fingerprint density at radius 1 is 1.04 bits per heavy atom. The largest absolute Gasteiger partial charge is 0.380 e. The third-order valence-electron chi connectivity index (χ3n) is 5.07. The highest BCUT2D eigenvalue weighted by Crippen LogP contribution is 2.25. The van der Waals surface area contributed by atoms with Gasteiger partial charge in [0.2, 0.25) is 0 Å². The Kier molecular flexibility index (Phi) is 5.03. The summed E-state index contributed by atoms with van der Waals surface area (Å²) in [4.78, 5) is 14.6. The third kappa shape index (κ3) is 3.78. The summed E-state index contributed by atoms with van der Waals surface area (Å²) in [5.74, 6) is 0.822. The fourth-order valence-electron chi connectivity index (χ4n) is 3.49. The molecular weight excluding hydrogens is 340 g/mol. The second-order valence-corrected chi connectivity index (χ2v) is 6.78. The summed E-state index contributed by atoms with van der Waals surface area (Å²) in [6.07, 6.45) is 3.78. The van der Waals surface area contributed by atoms with Crippen molar-refractivity contribution in [2.24, 2.45) is 0 Å². The maximum absolute atomic E-state index is 12.7. The molecule has 1 amide bonds. The Labute approximate surface area is 158 Å². The van der Waals surface area contributed by atoms with E-state index >= 15 is 0 Å². The lowest BCUT2D eigenvalue weighted by molar-refractivity contribution is 0.0269. The highest BCUT2D eigenvalue weighted by molar-refractivity contribution is 5.94. The number of ether oxygens (including phenoxy) is 1. The van der Waals surface area contributed by atoms with Crippen molar-refractivity contribution in [1.29, 1.82) is 0 Å². The van der Waals surface area contributed by atoms with Crippen molar-refractivity contribution < 1.29 is 14.1 Å². The minimum absolute atomic E-state index is 0.0731. The number of hydrogen-bond acceptors (Lipinski definition) is 4. The van der Waals surface area contributed by atoms with Crippen molar-refractivity contribution in [3.63, 3.8) is 0 Å². The number of rotatable bonds is 4. The molecule has 1 aromatic heterocycles. The van der Waals surface area contributed by atoms with Gasteiger partial charge in [0.25, 0.3) is 5.91 Å². The highest BCUT2D eigenvalue weighted by atomic mass is 16.5. The van der Waals surface area contributed by atoms with Crippen LogP contribution in [0.5, 0.6) is 0 Å². The number of carbonyl (C=O) groups excluding carboxylic acids is 1. The third-order valence-corrected chi connectivity index (χ3v) is 5.07. The topological polar surface area (TPSA) is 55.6 Å². The van der Waals surface area contributed by atoms with Crippen molar-refractivity contribution >= 4 is 5.91 Å². The molecule has 0 N–H and O–H groups in total. The molecule has 0 saturated carbocycles. The van der Waals surface area contributed by atoms with E-state index in [2.05, 4.69) is 5.16 Å². The Balaban J connectivity index is 1.48. The molecule has 27 heavy (non-hydrogen) atoms. The maximum atomic E-state index is 12.7. The van der Waals surface area contributed by atoms with E-state index in [1.807, 2.05) is 59.5 Å². The molecule has 1 atom stereocenters. The number of hydrogen-bond donors (Lipinski definition) is 0. The van der Waals surface area contributed by atoms with Crippen LogP contribution in [0.15, 0.2) is 65.3 Å². The minimum atomic E-state index is 0.0731. The van der Waals surface area contributed by atoms with Crippen molar-refractivity contribution in [3.8, 4) is 22.5 Å². The lowest BCUT2D eigenvalue weighted by atomic mass is 10.0. The van der Waals surface area contributed by atoms with E-state index in [0.29, 0.717) is 12.1 Å². The Morgan fingerprint density at radius 3 is 2.33 bits per heavy atom. The zero-order chi connectivity index (χ0) is 18.6. The number of aromatic nitrogens is 1. The maximum Gasteiger partial charge on any atom is 0.253 e. The molecule has 2 aromatic carbocycles. The Morgan fingerprint density at radius 2 is 1.70 bits per heavy atom. The van der Waals surface area contributed by atoms with Gasteiger partial charge >= 0.3 is 0 Å². The van der Waals surface area contributed by atoms with Gasteiger partial charge in [0.15, 0.2) is 5.76 Å². The van der Waals surface area contributed by atoms with Gasteiger partial charge in [-0.2, -0.15) is 0 Å². The molecule has 5 nitrogen and oxygen atoms in total. The van der Waals surface area contributed by atoms with Crippen molar-refractivity contribution in [1.82, 2.24) is 10.1 Å². The van der Waals surface area contributed by atoms with Crippen LogP contribution in [0, 0.1) is 0 Å². The molecule has 0 spiro atoms. The zero-order valence-corrected chi connectivity index (χ0v) is 15.3. The zero-order valence-electron chi connectivity index (χ0n) is 15.3. The molecule has 1 aliphatic heterocycles. The van der Waals surface area contributed by atoms with Crippen LogP contribution in [-0.4, -0.2) is 42.3 Å². The first-order chi connectivity index (χ1) is 13.2. The van der Waals surface area contributed by atoms with Crippen LogP contribution in [0.25, 0.3) is 22.5 Å². The standard InChI is InChI=1S/C22H22N2O3/c1-26-20-3-2-14-24(15-20)22(25)19-10-6-17(7-11-19)16-4-8-18(9-5-16)21-12-13-23-27-21/h4-13,20H,2-3,14-15H2,1H3. The van der Waals surface area contributed by atoms with E-state index in [0.717, 1.165) is 41.8 Å². The summed E-state index contributed by atoms with van der Waals surface area (Å²) >= 11 is 0. The van der Waals surface area contributed by atoms with Crippen LogP contribution in [0.4, 0.5) is 0 Å². The number of benzene rings is 2. The predicted molar refractivity (Wildman–Crippen MR) is 103 cm³/mol. The van der Waals surface area contributed by atoms with Crippen LogP contribution < -0.4 is 0 Å². The lowest BCUT2D eigenvalue weighted by Crippen LogP contribution is -2.42. The van der Waals surface area contributed by atoms with Crippen LogP contribution in [0.1, 0.15) is 23.2 Å². The van der Waals surface area contributed by atoms with Crippen LogP contribution in [0.2, 0.25) is 0 Å². The van der Waals surface area contributed by atoms with Gasteiger partial charge in [-0.25, -0.2) is 0 Å². The molecule has 0 bridgehead atoms. The van der Waals surface area contributed by atoms with Gasteiger partial charge in [-0.15, -0.1) is 0 Å². The van der Waals surface area contributed by atoms with Gasteiger partial charge in [0.1, 0.15) is 0 Å². The number of likely N-dealkylation sites (tertiary alicyclic amines) is 1. The normalized spacial score (nSPS) is 17.1. The molecular formula is C22H22N2O3. The highest BCUT2D eigenvalue weighted by Gasteiger charge is 2.24. The molecule has 2 heterocycles. The van der Waals surface area contributed by atoms with Crippen LogP contribution in [0.3, 0.4) is 0 Å². The van der Waals surface area contributed by atoms with Gasteiger partial charge in [-0.3, -0.25) is 4.79 Å². The Bertz CT molecular complexity index is 886. The summed E-state index contributed by atoms with van der Waals surface area (Å²) < 4.78 is 10.6. The number of amides is 1. The first-order valence-corrected chi connectivity index (χ1v) is 9.18. The van der Waals surface area contributed by atoms with Crippen molar-refractivity contribution in [2.45, 2.75) is 18.9 Å². The fourth-order valence-corrected chi connectivity index (χ4v) is 3.49. The molecule has 4 rings (SSSR count). The molecule has 1 saturated heterocycles. The number of methoxy groups -OCH3 is 1. The van der Waals surface area contributed by atoms with Gasteiger partial charge in [0.05, 0.1) is 12.3 Å². The van der Waals surface area contributed by atoms with Crippen LogP contribution in [-0.2, 0) is 4.74 Å². The second-order valence-electron chi connectivity index (χ2n) is 6.78. The van der Waals surface area contributed by atoms with Gasteiger partial charge < -0.3 is 14.2 Å². The average molecular weight is 362 g/mol. The molecule has 1 aliphatic rings. The first kappa shape index (κ1) is 17.5.